The highest BCUT2D eigenvalue weighted by molar-refractivity contribution is 5.78. The normalized spacial score (nSPS) is 26.9. The van der Waals surface area contributed by atoms with Crippen LogP contribution in [0.1, 0.15) is 27.2 Å². The van der Waals surface area contributed by atoms with Crippen molar-refractivity contribution in [3.05, 3.63) is 0 Å². The summed E-state index contributed by atoms with van der Waals surface area (Å²) in [6, 6.07) is 0.537. The number of carbonyl (C=O) groups is 1. The molecule has 1 aliphatic rings. The first-order valence-corrected chi connectivity index (χ1v) is 5.24. The van der Waals surface area contributed by atoms with Gasteiger partial charge in [0.25, 0.3) is 0 Å². The van der Waals surface area contributed by atoms with E-state index in [2.05, 4.69) is 10.6 Å². The monoisotopic (exact) mass is 200 g/mol. The molecule has 1 rings (SSSR count). The molecule has 2 N–H and O–H groups in total. The van der Waals surface area contributed by atoms with Crippen LogP contribution in [-0.4, -0.2) is 37.2 Å². The maximum atomic E-state index is 11.4. The van der Waals surface area contributed by atoms with Gasteiger partial charge in [0.2, 0.25) is 5.91 Å². The third kappa shape index (κ3) is 3.64. The molecule has 82 valence electrons. The summed E-state index contributed by atoms with van der Waals surface area (Å²) in [5, 5.41) is 6.04. The number of nitrogens with one attached hydrogen (secondary N) is 2. The van der Waals surface area contributed by atoms with Crippen LogP contribution in [0.25, 0.3) is 0 Å². The van der Waals surface area contributed by atoms with E-state index in [1.807, 2.05) is 20.8 Å². The van der Waals surface area contributed by atoms with Crippen molar-refractivity contribution in [2.24, 2.45) is 0 Å². The minimum absolute atomic E-state index is 0.0565. The van der Waals surface area contributed by atoms with Gasteiger partial charge in [-0.15, -0.1) is 0 Å². The van der Waals surface area contributed by atoms with Crippen molar-refractivity contribution in [1.29, 1.82) is 0 Å². The first-order chi connectivity index (χ1) is 6.59. The lowest BCUT2D eigenvalue weighted by Crippen LogP contribution is -2.44. The van der Waals surface area contributed by atoms with E-state index in [0.29, 0.717) is 12.6 Å². The number of ether oxygens (including phenoxy) is 1. The van der Waals surface area contributed by atoms with Crippen LogP contribution in [0.15, 0.2) is 0 Å². The zero-order valence-electron chi connectivity index (χ0n) is 9.17. The van der Waals surface area contributed by atoms with Crippen LogP contribution in [0.3, 0.4) is 0 Å². The van der Waals surface area contributed by atoms with Gasteiger partial charge in [0.15, 0.2) is 0 Å². The van der Waals surface area contributed by atoms with Crippen LogP contribution in [-0.2, 0) is 9.53 Å². The standard InChI is InChI=1S/C10H20N2O2/c1-7(2)11-6-10(13)12-9-4-5-14-8(9)3/h7-9,11H,4-6H2,1-3H3,(H,12,13). The molecule has 1 fully saturated rings. The predicted molar refractivity (Wildman–Crippen MR) is 55.1 cm³/mol. The van der Waals surface area contributed by atoms with Crippen LogP contribution < -0.4 is 10.6 Å². The summed E-state index contributed by atoms with van der Waals surface area (Å²) in [6.45, 7) is 7.18. The summed E-state index contributed by atoms with van der Waals surface area (Å²) in [7, 11) is 0. The summed E-state index contributed by atoms with van der Waals surface area (Å²) in [6.07, 6.45) is 1.08. The lowest BCUT2D eigenvalue weighted by atomic mass is 10.1. The Labute approximate surface area is 85.4 Å². The Morgan fingerprint density at radius 2 is 2.29 bits per heavy atom. The van der Waals surface area contributed by atoms with E-state index in [1.54, 1.807) is 0 Å². The quantitative estimate of drug-likeness (QED) is 0.685. The Morgan fingerprint density at radius 3 is 2.79 bits per heavy atom. The number of hydrogen-bond acceptors (Lipinski definition) is 3. The van der Waals surface area contributed by atoms with Gasteiger partial charge in [-0.2, -0.15) is 0 Å². The summed E-state index contributed by atoms with van der Waals surface area (Å²) >= 11 is 0. The Kier molecular flexibility index (Phi) is 4.35. The van der Waals surface area contributed by atoms with E-state index in [9.17, 15) is 4.79 Å². The van der Waals surface area contributed by atoms with E-state index in [0.717, 1.165) is 13.0 Å². The van der Waals surface area contributed by atoms with Crippen molar-refractivity contribution in [1.82, 2.24) is 10.6 Å². The largest absolute Gasteiger partial charge is 0.376 e. The maximum Gasteiger partial charge on any atom is 0.234 e. The lowest BCUT2D eigenvalue weighted by molar-refractivity contribution is -0.121. The van der Waals surface area contributed by atoms with Crippen molar-refractivity contribution in [3.8, 4) is 0 Å². The first kappa shape index (κ1) is 11.5. The summed E-state index contributed by atoms with van der Waals surface area (Å²) in [4.78, 5) is 11.4. The molecular formula is C10H20N2O2. The van der Waals surface area contributed by atoms with Gasteiger partial charge in [0, 0.05) is 12.6 Å². The van der Waals surface area contributed by atoms with Crippen molar-refractivity contribution >= 4 is 5.91 Å². The molecule has 0 bridgehead atoms. The van der Waals surface area contributed by atoms with E-state index in [1.165, 1.54) is 0 Å². The zero-order chi connectivity index (χ0) is 10.6. The molecule has 0 spiro atoms. The average molecular weight is 200 g/mol. The number of rotatable bonds is 4. The Hall–Kier alpha value is -0.610. The van der Waals surface area contributed by atoms with Crippen molar-refractivity contribution in [2.75, 3.05) is 13.2 Å². The SMILES string of the molecule is CC(C)NCC(=O)NC1CCOC1C. The highest BCUT2D eigenvalue weighted by Crippen LogP contribution is 2.11. The van der Waals surface area contributed by atoms with E-state index >= 15 is 0 Å². The highest BCUT2D eigenvalue weighted by atomic mass is 16.5. The Bertz CT molecular complexity index is 195. The van der Waals surface area contributed by atoms with Crippen LogP contribution in [0.5, 0.6) is 0 Å². The number of carbonyl (C=O) groups excluding carboxylic acids is 1. The second kappa shape index (κ2) is 5.32. The third-order valence-electron chi connectivity index (χ3n) is 2.39. The van der Waals surface area contributed by atoms with Gasteiger partial charge in [0.05, 0.1) is 18.7 Å². The highest BCUT2D eigenvalue weighted by Gasteiger charge is 2.25. The van der Waals surface area contributed by atoms with Gasteiger partial charge in [-0.1, -0.05) is 13.8 Å². The molecule has 1 saturated heterocycles. The second-order valence-corrected chi connectivity index (χ2v) is 4.07. The van der Waals surface area contributed by atoms with Crippen LogP contribution in [0.2, 0.25) is 0 Å². The fraction of sp³-hybridized carbons (Fsp3) is 0.900. The molecule has 0 radical (unpaired) electrons. The minimum atomic E-state index is 0.0565. The van der Waals surface area contributed by atoms with Crippen LogP contribution in [0.4, 0.5) is 0 Å². The van der Waals surface area contributed by atoms with Gasteiger partial charge >= 0.3 is 0 Å². The molecule has 2 unspecified atom stereocenters. The van der Waals surface area contributed by atoms with Gasteiger partial charge < -0.3 is 15.4 Å². The smallest absolute Gasteiger partial charge is 0.234 e. The molecule has 4 heteroatoms. The van der Waals surface area contributed by atoms with E-state index < -0.39 is 0 Å². The fourth-order valence-corrected chi connectivity index (χ4v) is 1.48. The first-order valence-electron chi connectivity index (χ1n) is 5.24. The van der Waals surface area contributed by atoms with E-state index in [-0.39, 0.29) is 18.1 Å². The fourth-order valence-electron chi connectivity index (χ4n) is 1.48. The van der Waals surface area contributed by atoms with Gasteiger partial charge in [-0.25, -0.2) is 0 Å². The molecule has 0 aromatic carbocycles. The van der Waals surface area contributed by atoms with Gasteiger partial charge in [0.1, 0.15) is 0 Å². The Morgan fingerprint density at radius 1 is 1.57 bits per heavy atom. The summed E-state index contributed by atoms with van der Waals surface area (Å²) in [5.41, 5.74) is 0. The molecule has 14 heavy (non-hydrogen) atoms. The molecule has 2 atom stereocenters. The van der Waals surface area contributed by atoms with Crippen LogP contribution >= 0.6 is 0 Å². The molecule has 0 saturated carbocycles. The third-order valence-corrected chi connectivity index (χ3v) is 2.39. The van der Waals surface area contributed by atoms with E-state index in [4.69, 9.17) is 4.74 Å². The molecule has 0 aliphatic carbocycles. The average Bonchev–Trinajstić information content (AvgIpc) is 2.49. The molecule has 1 amide bonds. The predicted octanol–water partition coefficient (Wildman–Crippen LogP) is 0.278. The molecular weight excluding hydrogens is 180 g/mol. The zero-order valence-corrected chi connectivity index (χ0v) is 9.17. The molecule has 4 nitrogen and oxygen atoms in total. The van der Waals surface area contributed by atoms with Crippen LogP contribution in [0, 0.1) is 0 Å². The van der Waals surface area contributed by atoms with Crippen molar-refractivity contribution < 1.29 is 9.53 Å². The Balaban J connectivity index is 2.19. The van der Waals surface area contributed by atoms with Crippen molar-refractivity contribution in [2.45, 2.75) is 45.4 Å². The number of amides is 1. The van der Waals surface area contributed by atoms with Crippen molar-refractivity contribution in [3.63, 3.8) is 0 Å². The van der Waals surface area contributed by atoms with Gasteiger partial charge in [-0.3, -0.25) is 4.79 Å². The topological polar surface area (TPSA) is 50.4 Å². The van der Waals surface area contributed by atoms with Gasteiger partial charge in [-0.05, 0) is 13.3 Å². The second-order valence-electron chi connectivity index (χ2n) is 4.07. The maximum absolute atomic E-state index is 11.4. The lowest BCUT2D eigenvalue weighted by Gasteiger charge is -2.16. The molecule has 1 aliphatic heterocycles. The molecule has 0 aromatic heterocycles. The molecule has 1 heterocycles. The summed E-state index contributed by atoms with van der Waals surface area (Å²) < 4.78 is 5.36. The minimum Gasteiger partial charge on any atom is -0.376 e. The number of hydrogen-bond donors (Lipinski definition) is 2. The summed E-state index contributed by atoms with van der Waals surface area (Å²) in [5.74, 6) is 0.0565. The molecule has 0 aromatic rings.